The zero-order chi connectivity index (χ0) is 24.6. The molecule has 2 aromatic carbocycles. The van der Waals surface area contributed by atoms with Gasteiger partial charge in [-0.05, 0) is 67.4 Å². The van der Waals surface area contributed by atoms with E-state index in [2.05, 4.69) is 10.2 Å². The number of ether oxygens (including phenoxy) is 1. The number of likely N-dealkylation sites (tertiary alicyclic amines) is 1. The van der Waals surface area contributed by atoms with Gasteiger partial charge in [0.15, 0.2) is 11.5 Å². The van der Waals surface area contributed by atoms with E-state index in [1.807, 2.05) is 28.8 Å². The first kappa shape index (κ1) is 22.9. The van der Waals surface area contributed by atoms with Gasteiger partial charge in [0.2, 0.25) is 0 Å². The number of methoxy groups -OCH3 is 1. The zero-order valence-electron chi connectivity index (χ0n) is 19.4. The Hall–Kier alpha value is -3.92. The molecule has 0 unspecified atom stereocenters. The van der Waals surface area contributed by atoms with Gasteiger partial charge in [-0.3, -0.25) is 13.5 Å². The van der Waals surface area contributed by atoms with Gasteiger partial charge in [0, 0.05) is 25.4 Å². The molecule has 0 spiro atoms. The SMILES string of the molecule is COc1ccc(N(C)S(=O)(=O)c2cccc(C(=O)N3CCC[C@H]3c3nnc4ccccn34)c2)cc1. The van der Waals surface area contributed by atoms with Gasteiger partial charge in [-0.1, -0.05) is 12.1 Å². The largest absolute Gasteiger partial charge is 0.497 e. The Morgan fingerprint density at radius 1 is 1.06 bits per heavy atom. The first-order chi connectivity index (χ1) is 16.9. The molecule has 0 bridgehead atoms. The van der Waals surface area contributed by atoms with E-state index >= 15 is 0 Å². The number of carbonyl (C=O) groups is 1. The fraction of sp³-hybridized carbons (Fsp3) is 0.240. The highest BCUT2D eigenvalue weighted by atomic mass is 32.2. The molecule has 1 fully saturated rings. The van der Waals surface area contributed by atoms with Crippen LogP contribution in [0.2, 0.25) is 0 Å². The van der Waals surface area contributed by atoms with Gasteiger partial charge >= 0.3 is 0 Å². The van der Waals surface area contributed by atoms with Gasteiger partial charge in [0.1, 0.15) is 5.75 Å². The van der Waals surface area contributed by atoms with Gasteiger partial charge in [0.25, 0.3) is 15.9 Å². The number of rotatable bonds is 6. The second-order valence-corrected chi connectivity index (χ2v) is 10.3. The third kappa shape index (κ3) is 4.10. The fourth-order valence-corrected chi connectivity index (χ4v) is 5.65. The molecule has 4 aromatic rings. The maximum absolute atomic E-state index is 13.5. The summed E-state index contributed by atoms with van der Waals surface area (Å²) in [6, 6.07) is 18.3. The minimum atomic E-state index is -3.88. The van der Waals surface area contributed by atoms with Crippen LogP contribution in [0.4, 0.5) is 5.69 Å². The molecule has 180 valence electrons. The number of aromatic nitrogens is 3. The number of nitrogens with zero attached hydrogens (tertiary/aromatic N) is 5. The predicted molar refractivity (Wildman–Crippen MR) is 131 cm³/mol. The molecule has 35 heavy (non-hydrogen) atoms. The van der Waals surface area contributed by atoms with Crippen molar-refractivity contribution >= 4 is 27.3 Å². The molecule has 3 heterocycles. The summed E-state index contributed by atoms with van der Waals surface area (Å²) in [7, 11) is -0.847. The van der Waals surface area contributed by atoms with Gasteiger partial charge < -0.3 is 9.64 Å². The molecule has 0 aliphatic carbocycles. The van der Waals surface area contributed by atoms with Crippen LogP contribution in [0.15, 0.2) is 77.8 Å². The first-order valence-electron chi connectivity index (χ1n) is 11.2. The van der Waals surface area contributed by atoms with Crippen LogP contribution in [0.5, 0.6) is 5.75 Å². The van der Waals surface area contributed by atoms with Crippen LogP contribution in [0.3, 0.4) is 0 Å². The molecule has 2 aromatic heterocycles. The van der Waals surface area contributed by atoms with Crippen molar-refractivity contribution in [2.45, 2.75) is 23.8 Å². The molecule has 1 aliphatic heterocycles. The summed E-state index contributed by atoms with van der Waals surface area (Å²) in [4.78, 5) is 15.3. The third-order valence-corrected chi connectivity index (χ3v) is 8.11. The fourth-order valence-electron chi connectivity index (χ4n) is 4.41. The molecule has 5 rings (SSSR count). The van der Waals surface area contributed by atoms with Crippen LogP contribution < -0.4 is 9.04 Å². The van der Waals surface area contributed by atoms with E-state index in [1.54, 1.807) is 48.4 Å². The lowest BCUT2D eigenvalue weighted by Gasteiger charge is -2.24. The number of amides is 1. The summed E-state index contributed by atoms with van der Waals surface area (Å²) >= 11 is 0. The Bertz CT molecular complexity index is 1480. The van der Waals surface area contributed by atoms with E-state index in [4.69, 9.17) is 4.74 Å². The molecule has 0 N–H and O–H groups in total. The lowest BCUT2D eigenvalue weighted by atomic mass is 10.1. The second kappa shape index (κ2) is 9.03. The number of fused-ring (bicyclic) bond motifs is 1. The molecule has 0 radical (unpaired) electrons. The zero-order valence-corrected chi connectivity index (χ0v) is 20.2. The van der Waals surface area contributed by atoms with Gasteiger partial charge in [-0.25, -0.2) is 8.42 Å². The van der Waals surface area contributed by atoms with E-state index < -0.39 is 10.0 Å². The maximum atomic E-state index is 13.5. The molecule has 1 saturated heterocycles. The molecular weight excluding hydrogens is 466 g/mol. The van der Waals surface area contributed by atoms with Crippen LogP contribution in [0.1, 0.15) is 35.1 Å². The Morgan fingerprint density at radius 2 is 1.86 bits per heavy atom. The van der Waals surface area contributed by atoms with Crippen LogP contribution in [0, 0.1) is 0 Å². The van der Waals surface area contributed by atoms with Crippen molar-refractivity contribution in [1.82, 2.24) is 19.5 Å². The molecular formula is C25H25N5O4S. The van der Waals surface area contributed by atoms with Crippen LogP contribution in [0.25, 0.3) is 5.65 Å². The van der Waals surface area contributed by atoms with Crippen LogP contribution in [-0.2, 0) is 10.0 Å². The summed E-state index contributed by atoms with van der Waals surface area (Å²) in [6.45, 7) is 0.563. The number of hydrogen-bond acceptors (Lipinski definition) is 6. The van der Waals surface area contributed by atoms with E-state index in [9.17, 15) is 13.2 Å². The lowest BCUT2D eigenvalue weighted by Crippen LogP contribution is -2.32. The molecule has 10 heteroatoms. The Balaban J connectivity index is 1.43. The number of sulfonamides is 1. The van der Waals surface area contributed by atoms with E-state index in [0.29, 0.717) is 29.4 Å². The van der Waals surface area contributed by atoms with E-state index in [0.717, 1.165) is 18.5 Å². The topological polar surface area (TPSA) is 97.1 Å². The first-order valence-corrected chi connectivity index (χ1v) is 12.7. The maximum Gasteiger partial charge on any atom is 0.264 e. The summed E-state index contributed by atoms with van der Waals surface area (Å²) in [6.07, 6.45) is 3.48. The number of benzene rings is 2. The van der Waals surface area contributed by atoms with Crippen molar-refractivity contribution in [3.8, 4) is 5.75 Å². The Kier molecular flexibility index (Phi) is 5.89. The third-order valence-electron chi connectivity index (χ3n) is 6.33. The molecule has 9 nitrogen and oxygen atoms in total. The minimum Gasteiger partial charge on any atom is -0.497 e. The monoisotopic (exact) mass is 491 g/mol. The summed E-state index contributed by atoms with van der Waals surface area (Å²) in [5.74, 6) is 1.10. The van der Waals surface area contributed by atoms with Gasteiger partial charge in [-0.2, -0.15) is 0 Å². The van der Waals surface area contributed by atoms with Crippen LogP contribution in [-0.4, -0.2) is 54.5 Å². The smallest absolute Gasteiger partial charge is 0.264 e. The standard InChI is InChI=1S/C25H25N5O4S/c1-28(19-11-13-20(34-2)14-12-19)35(32,33)21-8-5-7-18(17-21)25(31)29-16-6-9-22(29)24-27-26-23-10-3-4-15-30(23)24/h3-5,7-8,10-15,17,22H,6,9,16H2,1-2H3/t22-/m0/s1. The molecule has 1 aliphatic rings. The summed E-state index contributed by atoms with van der Waals surface area (Å²) < 4.78 is 34.9. The van der Waals surface area contributed by atoms with Crippen LogP contribution >= 0.6 is 0 Å². The summed E-state index contributed by atoms with van der Waals surface area (Å²) in [5, 5.41) is 8.55. The normalized spacial score (nSPS) is 15.9. The van der Waals surface area contributed by atoms with Crippen molar-refractivity contribution in [2.75, 3.05) is 25.0 Å². The summed E-state index contributed by atoms with van der Waals surface area (Å²) in [5.41, 5.74) is 1.52. The quantitative estimate of drug-likeness (QED) is 0.409. The van der Waals surface area contributed by atoms with Crippen molar-refractivity contribution in [3.63, 3.8) is 0 Å². The average Bonchev–Trinajstić information content (AvgIpc) is 3.55. The molecule has 1 atom stereocenters. The Morgan fingerprint density at radius 3 is 2.63 bits per heavy atom. The van der Waals surface area contributed by atoms with Crippen molar-refractivity contribution < 1.29 is 17.9 Å². The van der Waals surface area contributed by atoms with E-state index in [-0.39, 0.29) is 16.8 Å². The highest BCUT2D eigenvalue weighted by molar-refractivity contribution is 7.92. The second-order valence-electron chi connectivity index (χ2n) is 8.34. The average molecular weight is 492 g/mol. The highest BCUT2D eigenvalue weighted by Gasteiger charge is 2.34. The number of carbonyl (C=O) groups excluding carboxylic acids is 1. The predicted octanol–water partition coefficient (Wildman–Crippen LogP) is 3.54. The van der Waals surface area contributed by atoms with Crippen molar-refractivity contribution in [3.05, 3.63) is 84.3 Å². The number of pyridine rings is 1. The highest BCUT2D eigenvalue weighted by Crippen LogP contribution is 2.33. The van der Waals surface area contributed by atoms with Gasteiger partial charge in [-0.15, -0.1) is 10.2 Å². The van der Waals surface area contributed by atoms with Crippen molar-refractivity contribution in [2.24, 2.45) is 0 Å². The van der Waals surface area contributed by atoms with Gasteiger partial charge in [0.05, 0.1) is 23.7 Å². The van der Waals surface area contributed by atoms with E-state index in [1.165, 1.54) is 23.5 Å². The lowest BCUT2D eigenvalue weighted by molar-refractivity contribution is 0.0729. The Labute approximate surface area is 203 Å². The minimum absolute atomic E-state index is 0.0466. The number of anilines is 1. The van der Waals surface area contributed by atoms with Crippen molar-refractivity contribution in [1.29, 1.82) is 0 Å². The molecule has 0 saturated carbocycles. The molecule has 1 amide bonds. The number of hydrogen-bond donors (Lipinski definition) is 0.